The minimum Gasteiger partial charge on any atom is -0.207 e. The van der Waals surface area contributed by atoms with Gasteiger partial charge in [0.15, 0.2) is 11.6 Å². The third-order valence-electron chi connectivity index (χ3n) is 3.16. The zero-order valence-electron chi connectivity index (χ0n) is 10.7. The molecular formula is C12H16ClF2NO2S. The molecule has 0 saturated heterocycles. The van der Waals surface area contributed by atoms with Crippen LogP contribution >= 0.6 is 11.6 Å². The van der Waals surface area contributed by atoms with E-state index in [9.17, 15) is 17.2 Å². The summed E-state index contributed by atoms with van der Waals surface area (Å²) in [4.78, 5) is -0.317. The summed E-state index contributed by atoms with van der Waals surface area (Å²) in [5.41, 5.74) is -0.786. The molecule has 1 N–H and O–H groups in total. The van der Waals surface area contributed by atoms with E-state index >= 15 is 0 Å². The summed E-state index contributed by atoms with van der Waals surface area (Å²) >= 11 is 5.81. The van der Waals surface area contributed by atoms with Gasteiger partial charge in [-0.15, -0.1) is 11.6 Å². The highest BCUT2D eigenvalue weighted by Gasteiger charge is 2.31. The van der Waals surface area contributed by atoms with Crippen LogP contribution in [-0.2, 0) is 10.0 Å². The Kier molecular flexibility index (Phi) is 5.29. The van der Waals surface area contributed by atoms with Gasteiger partial charge in [-0.1, -0.05) is 13.8 Å². The topological polar surface area (TPSA) is 46.2 Å². The lowest BCUT2D eigenvalue weighted by Gasteiger charge is -2.30. The van der Waals surface area contributed by atoms with E-state index in [2.05, 4.69) is 4.72 Å². The molecular weight excluding hydrogens is 296 g/mol. The largest absolute Gasteiger partial charge is 0.241 e. The van der Waals surface area contributed by atoms with Crippen LogP contribution in [0, 0.1) is 11.6 Å². The van der Waals surface area contributed by atoms with Crippen molar-refractivity contribution in [1.29, 1.82) is 0 Å². The van der Waals surface area contributed by atoms with Gasteiger partial charge in [0.1, 0.15) is 0 Å². The normalized spacial score (nSPS) is 12.7. The summed E-state index contributed by atoms with van der Waals surface area (Å²) in [7, 11) is -3.93. The van der Waals surface area contributed by atoms with E-state index in [1.54, 1.807) is 13.8 Å². The maximum Gasteiger partial charge on any atom is 0.241 e. The molecule has 0 fully saturated rings. The molecule has 3 nitrogen and oxygen atoms in total. The number of hydrogen-bond acceptors (Lipinski definition) is 2. The van der Waals surface area contributed by atoms with Gasteiger partial charge in [0.2, 0.25) is 10.0 Å². The summed E-state index contributed by atoms with van der Waals surface area (Å²) in [6.07, 6.45) is 0.992. The van der Waals surface area contributed by atoms with E-state index in [4.69, 9.17) is 11.6 Å². The zero-order chi connectivity index (χ0) is 14.7. The Labute approximate surface area is 117 Å². The molecule has 1 rings (SSSR count). The summed E-state index contributed by atoms with van der Waals surface area (Å²) in [5.74, 6) is -2.19. The number of sulfonamides is 1. The van der Waals surface area contributed by atoms with E-state index < -0.39 is 27.2 Å². The molecule has 0 aliphatic carbocycles. The van der Waals surface area contributed by atoms with Crippen molar-refractivity contribution in [2.75, 3.05) is 5.88 Å². The van der Waals surface area contributed by atoms with E-state index in [0.29, 0.717) is 18.9 Å². The second-order valence-corrected chi connectivity index (χ2v) is 6.25. The fourth-order valence-electron chi connectivity index (χ4n) is 1.60. The van der Waals surface area contributed by atoms with Crippen molar-refractivity contribution in [2.45, 2.75) is 37.1 Å². The number of halogens is 3. The van der Waals surface area contributed by atoms with Gasteiger partial charge in [-0.25, -0.2) is 21.9 Å². The fraction of sp³-hybridized carbons (Fsp3) is 0.500. The van der Waals surface area contributed by atoms with Crippen molar-refractivity contribution in [1.82, 2.24) is 4.72 Å². The van der Waals surface area contributed by atoms with Crippen LogP contribution in [0.2, 0.25) is 0 Å². The number of rotatable bonds is 6. The molecule has 0 bridgehead atoms. The molecule has 1 aromatic carbocycles. The highest BCUT2D eigenvalue weighted by molar-refractivity contribution is 7.89. The van der Waals surface area contributed by atoms with E-state index in [1.807, 2.05) is 0 Å². The van der Waals surface area contributed by atoms with Crippen molar-refractivity contribution in [3.8, 4) is 0 Å². The first kappa shape index (κ1) is 16.3. The quantitative estimate of drug-likeness (QED) is 0.821. The zero-order valence-corrected chi connectivity index (χ0v) is 12.3. The molecule has 0 spiro atoms. The molecule has 0 unspecified atom stereocenters. The van der Waals surface area contributed by atoms with Crippen LogP contribution in [0.15, 0.2) is 23.1 Å². The maximum absolute atomic E-state index is 13.1. The van der Waals surface area contributed by atoms with Gasteiger partial charge in [-0.3, -0.25) is 0 Å². The number of alkyl halides is 1. The first-order valence-corrected chi connectivity index (χ1v) is 7.87. The molecule has 0 radical (unpaired) electrons. The van der Waals surface area contributed by atoms with Crippen LogP contribution in [0.25, 0.3) is 0 Å². The van der Waals surface area contributed by atoms with E-state index in [-0.39, 0.29) is 10.8 Å². The van der Waals surface area contributed by atoms with Gasteiger partial charge in [0, 0.05) is 11.4 Å². The molecule has 1 aromatic rings. The Morgan fingerprint density at radius 2 is 1.79 bits per heavy atom. The number of benzene rings is 1. The second-order valence-electron chi connectivity index (χ2n) is 4.30. The molecule has 0 aromatic heterocycles. The van der Waals surface area contributed by atoms with Gasteiger partial charge < -0.3 is 0 Å². The van der Waals surface area contributed by atoms with Crippen LogP contribution in [0.5, 0.6) is 0 Å². The Morgan fingerprint density at radius 1 is 1.21 bits per heavy atom. The molecule has 0 heterocycles. The first-order chi connectivity index (χ1) is 8.80. The monoisotopic (exact) mass is 311 g/mol. The van der Waals surface area contributed by atoms with Gasteiger partial charge in [0.05, 0.1) is 4.90 Å². The summed E-state index contributed by atoms with van der Waals surface area (Å²) in [6.45, 7) is 3.61. The summed E-state index contributed by atoms with van der Waals surface area (Å²) < 4.78 is 52.6. The number of hydrogen-bond donors (Lipinski definition) is 1. The molecule has 0 amide bonds. The maximum atomic E-state index is 13.1. The van der Waals surface area contributed by atoms with E-state index in [0.717, 1.165) is 12.1 Å². The fourth-order valence-corrected chi connectivity index (χ4v) is 3.68. The Bertz CT molecular complexity index is 536. The van der Waals surface area contributed by atoms with E-state index in [1.165, 1.54) is 0 Å². The summed E-state index contributed by atoms with van der Waals surface area (Å²) in [5, 5.41) is 0. The third-order valence-corrected chi connectivity index (χ3v) is 5.25. The lowest BCUT2D eigenvalue weighted by atomic mass is 9.97. The average Bonchev–Trinajstić information content (AvgIpc) is 2.39. The smallest absolute Gasteiger partial charge is 0.207 e. The van der Waals surface area contributed by atoms with Crippen molar-refractivity contribution < 1.29 is 17.2 Å². The molecule has 108 valence electrons. The molecule has 0 aliphatic rings. The predicted molar refractivity (Wildman–Crippen MR) is 70.7 cm³/mol. The molecule has 7 heteroatoms. The van der Waals surface area contributed by atoms with Crippen molar-refractivity contribution >= 4 is 21.6 Å². The van der Waals surface area contributed by atoms with Crippen LogP contribution < -0.4 is 4.72 Å². The lowest BCUT2D eigenvalue weighted by Crippen LogP contribution is -2.49. The molecule has 0 aliphatic heterocycles. The van der Waals surface area contributed by atoms with Crippen LogP contribution in [-0.4, -0.2) is 19.8 Å². The van der Waals surface area contributed by atoms with Crippen LogP contribution in [0.3, 0.4) is 0 Å². The van der Waals surface area contributed by atoms with Crippen LogP contribution in [0.4, 0.5) is 8.78 Å². The average molecular weight is 312 g/mol. The highest BCUT2D eigenvalue weighted by Crippen LogP contribution is 2.22. The number of nitrogens with one attached hydrogen (secondary N) is 1. The van der Waals surface area contributed by atoms with Gasteiger partial charge in [-0.2, -0.15) is 0 Å². The lowest BCUT2D eigenvalue weighted by molar-refractivity contribution is 0.393. The van der Waals surface area contributed by atoms with Gasteiger partial charge in [0.25, 0.3) is 0 Å². The third kappa shape index (κ3) is 3.64. The van der Waals surface area contributed by atoms with Gasteiger partial charge >= 0.3 is 0 Å². The van der Waals surface area contributed by atoms with Crippen molar-refractivity contribution in [3.05, 3.63) is 29.8 Å². The molecule has 19 heavy (non-hydrogen) atoms. The standard InChI is InChI=1S/C12H16ClF2NO2S/c1-3-12(4-2,8-13)16-19(17,18)9-5-6-10(14)11(15)7-9/h5-7,16H,3-4,8H2,1-2H3. The molecule has 0 atom stereocenters. The SMILES string of the molecule is CCC(CC)(CCl)NS(=O)(=O)c1ccc(F)c(F)c1. The predicted octanol–water partition coefficient (Wildman–Crippen LogP) is 3.04. The second kappa shape index (κ2) is 6.15. The Morgan fingerprint density at radius 3 is 2.21 bits per heavy atom. The molecule has 0 saturated carbocycles. The van der Waals surface area contributed by atoms with Crippen molar-refractivity contribution in [2.24, 2.45) is 0 Å². The minimum absolute atomic E-state index is 0.100. The first-order valence-electron chi connectivity index (χ1n) is 5.85. The van der Waals surface area contributed by atoms with Crippen LogP contribution in [0.1, 0.15) is 26.7 Å². The van der Waals surface area contributed by atoms with Gasteiger partial charge in [-0.05, 0) is 31.0 Å². The summed E-state index contributed by atoms with van der Waals surface area (Å²) in [6, 6.07) is 2.46. The van der Waals surface area contributed by atoms with Crippen molar-refractivity contribution in [3.63, 3.8) is 0 Å². The Balaban J connectivity index is 3.14. The Hall–Kier alpha value is -0.720. The highest BCUT2D eigenvalue weighted by atomic mass is 35.5. The minimum atomic E-state index is -3.93.